The number of carbonyl (C=O) groups is 3. The van der Waals surface area contributed by atoms with Gasteiger partial charge in [-0.15, -0.1) is 0 Å². The molecule has 0 saturated carbocycles. The first kappa shape index (κ1) is 25.9. The second kappa shape index (κ2) is 11.2. The van der Waals surface area contributed by atoms with E-state index in [0.717, 1.165) is 44.9 Å². The Kier molecular flexibility index (Phi) is 8.78. The molecule has 3 aliphatic heterocycles. The van der Waals surface area contributed by atoms with Crippen molar-refractivity contribution < 1.29 is 29.0 Å². The SMILES string of the molecule is CCCCCNC(=O)C1N(CCCCCCO)C(=O)[C@@H]2[C@@H](C(=O)OCC)[C@@]3(CC)CCC12O3. The molecule has 1 spiro atoms. The number of aliphatic hydroxyl groups is 1. The molecule has 3 rings (SSSR count). The van der Waals surface area contributed by atoms with Crippen molar-refractivity contribution >= 4 is 17.8 Å². The number of carbonyl (C=O) groups excluding carboxylic acids is 3. The first-order valence-electron chi connectivity index (χ1n) is 13.0. The first-order chi connectivity index (χ1) is 15.9. The average Bonchev–Trinajstić information content (AvgIpc) is 3.40. The van der Waals surface area contributed by atoms with E-state index in [-0.39, 0.29) is 31.0 Å². The van der Waals surface area contributed by atoms with Gasteiger partial charge in [0.1, 0.15) is 17.6 Å². The molecule has 33 heavy (non-hydrogen) atoms. The summed E-state index contributed by atoms with van der Waals surface area (Å²) in [7, 11) is 0. The number of hydrogen-bond acceptors (Lipinski definition) is 6. The van der Waals surface area contributed by atoms with Gasteiger partial charge in [0.25, 0.3) is 0 Å². The number of fused-ring (bicyclic) bond motifs is 1. The number of nitrogens with zero attached hydrogens (tertiary/aromatic N) is 1. The Hall–Kier alpha value is -1.67. The van der Waals surface area contributed by atoms with E-state index in [4.69, 9.17) is 14.6 Å². The van der Waals surface area contributed by atoms with Crippen molar-refractivity contribution in [2.75, 3.05) is 26.3 Å². The fraction of sp³-hybridized carbons (Fsp3) is 0.880. The summed E-state index contributed by atoms with van der Waals surface area (Å²) in [4.78, 5) is 42.0. The fourth-order valence-electron chi connectivity index (χ4n) is 6.28. The molecule has 2 bridgehead atoms. The summed E-state index contributed by atoms with van der Waals surface area (Å²) in [5.41, 5.74) is -1.70. The van der Waals surface area contributed by atoms with Crippen molar-refractivity contribution in [1.82, 2.24) is 10.2 Å². The second-order valence-electron chi connectivity index (χ2n) is 9.75. The Morgan fingerprint density at radius 2 is 1.88 bits per heavy atom. The summed E-state index contributed by atoms with van der Waals surface area (Å²) in [5.74, 6) is -2.05. The molecule has 5 atom stereocenters. The monoisotopic (exact) mass is 466 g/mol. The number of esters is 1. The minimum absolute atomic E-state index is 0.154. The summed E-state index contributed by atoms with van der Waals surface area (Å²) < 4.78 is 12.0. The second-order valence-corrected chi connectivity index (χ2v) is 9.75. The molecule has 3 fully saturated rings. The lowest BCUT2D eigenvalue weighted by atomic mass is 9.65. The summed E-state index contributed by atoms with van der Waals surface area (Å²) in [5, 5.41) is 12.1. The molecule has 2 unspecified atom stereocenters. The predicted molar refractivity (Wildman–Crippen MR) is 123 cm³/mol. The van der Waals surface area contributed by atoms with Gasteiger partial charge in [0, 0.05) is 19.7 Å². The fourth-order valence-corrected chi connectivity index (χ4v) is 6.28. The molecule has 3 heterocycles. The Morgan fingerprint density at radius 3 is 2.55 bits per heavy atom. The van der Waals surface area contributed by atoms with Gasteiger partial charge in [0.15, 0.2) is 0 Å². The van der Waals surface area contributed by atoms with Crippen LogP contribution in [0.25, 0.3) is 0 Å². The summed E-state index contributed by atoms with van der Waals surface area (Å²) in [6.45, 7) is 7.29. The molecule has 0 aromatic rings. The highest BCUT2D eigenvalue weighted by molar-refractivity contribution is 5.98. The smallest absolute Gasteiger partial charge is 0.312 e. The summed E-state index contributed by atoms with van der Waals surface area (Å²) in [6, 6.07) is -0.720. The maximum atomic E-state index is 13.8. The highest BCUT2D eigenvalue weighted by Gasteiger charge is 2.78. The minimum Gasteiger partial charge on any atom is -0.466 e. The lowest BCUT2D eigenvalue weighted by Crippen LogP contribution is -2.55. The lowest BCUT2D eigenvalue weighted by Gasteiger charge is -2.33. The zero-order valence-corrected chi connectivity index (χ0v) is 20.6. The van der Waals surface area contributed by atoms with Gasteiger partial charge in [0.05, 0.1) is 18.1 Å². The highest BCUT2D eigenvalue weighted by atomic mass is 16.6. The van der Waals surface area contributed by atoms with Gasteiger partial charge in [-0.3, -0.25) is 14.4 Å². The molecule has 2 N–H and O–H groups in total. The minimum atomic E-state index is -0.968. The number of nitrogens with one attached hydrogen (secondary N) is 1. The van der Waals surface area contributed by atoms with Crippen LogP contribution < -0.4 is 5.32 Å². The van der Waals surface area contributed by atoms with Crippen molar-refractivity contribution in [3.05, 3.63) is 0 Å². The van der Waals surface area contributed by atoms with Crippen LogP contribution >= 0.6 is 0 Å². The zero-order valence-electron chi connectivity index (χ0n) is 20.6. The molecule has 2 amide bonds. The van der Waals surface area contributed by atoms with E-state index in [9.17, 15) is 14.4 Å². The Morgan fingerprint density at radius 1 is 1.12 bits per heavy atom. The van der Waals surface area contributed by atoms with Crippen LogP contribution in [0.4, 0.5) is 0 Å². The van der Waals surface area contributed by atoms with Crippen molar-refractivity contribution in [3.63, 3.8) is 0 Å². The number of unbranched alkanes of at least 4 members (excludes halogenated alkanes) is 5. The lowest BCUT2D eigenvalue weighted by molar-refractivity contribution is -0.160. The molecule has 0 aliphatic carbocycles. The van der Waals surface area contributed by atoms with Crippen molar-refractivity contribution in [3.8, 4) is 0 Å². The normalized spacial score (nSPS) is 32.3. The van der Waals surface area contributed by atoms with Crippen LogP contribution in [0.2, 0.25) is 0 Å². The van der Waals surface area contributed by atoms with Gasteiger partial charge in [-0.1, -0.05) is 39.5 Å². The van der Waals surface area contributed by atoms with Crippen LogP contribution in [-0.2, 0) is 23.9 Å². The molecule has 3 saturated heterocycles. The van der Waals surface area contributed by atoms with E-state index in [2.05, 4.69) is 12.2 Å². The Balaban J connectivity index is 1.87. The molecule has 8 heteroatoms. The molecular weight excluding hydrogens is 424 g/mol. The number of likely N-dealkylation sites (tertiary alicyclic amines) is 1. The van der Waals surface area contributed by atoms with E-state index >= 15 is 0 Å². The van der Waals surface area contributed by atoms with Crippen molar-refractivity contribution in [2.24, 2.45) is 11.8 Å². The van der Waals surface area contributed by atoms with Gasteiger partial charge < -0.3 is 24.8 Å². The van der Waals surface area contributed by atoms with Crippen molar-refractivity contribution in [1.29, 1.82) is 0 Å². The van der Waals surface area contributed by atoms with Crippen LogP contribution in [0.5, 0.6) is 0 Å². The van der Waals surface area contributed by atoms with Gasteiger partial charge >= 0.3 is 5.97 Å². The van der Waals surface area contributed by atoms with Gasteiger partial charge in [-0.2, -0.15) is 0 Å². The topological polar surface area (TPSA) is 105 Å². The van der Waals surface area contributed by atoms with E-state index in [1.54, 1.807) is 11.8 Å². The Labute approximate surface area is 197 Å². The van der Waals surface area contributed by atoms with Gasteiger partial charge in [-0.05, 0) is 45.4 Å². The summed E-state index contributed by atoms with van der Waals surface area (Å²) >= 11 is 0. The molecular formula is C25H42N2O6. The van der Waals surface area contributed by atoms with Crippen molar-refractivity contribution in [2.45, 2.75) is 102 Å². The molecule has 0 aromatic carbocycles. The molecule has 0 aromatic heterocycles. The average molecular weight is 467 g/mol. The van der Waals surface area contributed by atoms with E-state index < -0.39 is 29.1 Å². The third kappa shape index (κ3) is 4.65. The van der Waals surface area contributed by atoms with E-state index in [1.807, 2.05) is 6.92 Å². The third-order valence-electron chi connectivity index (χ3n) is 7.86. The quantitative estimate of drug-likeness (QED) is 0.301. The molecule has 3 aliphatic rings. The van der Waals surface area contributed by atoms with Crippen LogP contribution in [0.3, 0.4) is 0 Å². The molecule has 8 nitrogen and oxygen atoms in total. The maximum absolute atomic E-state index is 13.8. The third-order valence-corrected chi connectivity index (χ3v) is 7.86. The first-order valence-corrected chi connectivity index (χ1v) is 13.0. The van der Waals surface area contributed by atoms with Crippen LogP contribution in [-0.4, -0.2) is 71.3 Å². The van der Waals surface area contributed by atoms with Crippen LogP contribution in [0.15, 0.2) is 0 Å². The molecule has 188 valence electrons. The van der Waals surface area contributed by atoms with Crippen LogP contribution in [0.1, 0.15) is 85.0 Å². The van der Waals surface area contributed by atoms with Gasteiger partial charge in [-0.25, -0.2) is 0 Å². The number of amides is 2. The Bertz CT molecular complexity index is 715. The van der Waals surface area contributed by atoms with E-state index in [1.165, 1.54) is 0 Å². The maximum Gasteiger partial charge on any atom is 0.312 e. The number of hydrogen-bond donors (Lipinski definition) is 2. The van der Waals surface area contributed by atoms with Gasteiger partial charge in [0.2, 0.25) is 11.8 Å². The highest BCUT2D eigenvalue weighted by Crippen LogP contribution is 2.64. The van der Waals surface area contributed by atoms with E-state index in [0.29, 0.717) is 32.4 Å². The van der Waals surface area contributed by atoms with Crippen LogP contribution in [0, 0.1) is 11.8 Å². The number of ether oxygens (including phenoxy) is 2. The summed E-state index contributed by atoms with van der Waals surface area (Å²) in [6.07, 6.45) is 8.07. The number of aliphatic hydroxyl groups excluding tert-OH is 1. The number of rotatable bonds is 14. The standard InChI is InChI=1S/C25H42N2O6/c1-4-7-10-15-26-21(29)20-25-14-13-24(5-2,33-25)19(23(31)32-6-3)18(25)22(30)27(20)16-11-8-9-12-17-28/h18-20,28H,4-17H2,1-3H3,(H,26,29)/t18-,19-,20?,24+,25?/m0/s1. The largest absolute Gasteiger partial charge is 0.466 e. The molecule has 0 radical (unpaired) electrons. The predicted octanol–water partition coefficient (Wildman–Crippen LogP) is 2.56. The zero-order chi connectivity index (χ0) is 24.1.